The minimum absolute atomic E-state index is 0.0451. The largest absolute Gasteiger partial charge is 0.444 e. The van der Waals surface area contributed by atoms with E-state index in [0.29, 0.717) is 24.7 Å². The Morgan fingerprint density at radius 2 is 1.82 bits per heavy atom. The van der Waals surface area contributed by atoms with Gasteiger partial charge in [-0.05, 0) is 50.8 Å². The van der Waals surface area contributed by atoms with Crippen LogP contribution in [0.2, 0.25) is 0 Å². The van der Waals surface area contributed by atoms with Crippen LogP contribution in [0.5, 0.6) is 0 Å². The molecule has 1 aliphatic heterocycles. The molecule has 0 spiro atoms. The molecule has 1 fully saturated rings. The molecule has 0 aliphatic carbocycles. The molecule has 0 unspecified atom stereocenters. The predicted octanol–water partition coefficient (Wildman–Crippen LogP) is 3.59. The number of carbonyl (C=O) groups excluding carboxylic acids is 3. The van der Waals surface area contributed by atoms with E-state index < -0.39 is 29.8 Å². The molecule has 3 aromatic rings. The summed E-state index contributed by atoms with van der Waals surface area (Å²) < 4.78 is 12.6. The summed E-state index contributed by atoms with van der Waals surface area (Å²) in [5.41, 5.74) is 2.31. The van der Waals surface area contributed by atoms with Gasteiger partial charge in [-0.25, -0.2) is 4.79 Å². The molecular weight excluding hydrogens is 578 g/mol. The fraction of sp³-hybridized carbons (Fsp3) is 0.531. The Balaban J connectivity index is 1.37. The van der Waals surface area contributed by atoms with Crippen molar-refractivity contribution in [3.8, 4) is 11.3 Å². The van der Waals surface area contributed by atoms with E-state index in [1.165, 1.54) is 4.90 Å². The molecule has 13 heteroatoms. The molecule has 1 saturated heterocycles. The lowest BCUT2D eigenvalue weighted by molar-refractivity contribution is -0.141. The number of amides is 3. The van der Waals surface area contributed by atoms with Gasteiger partial charge in [0.15, 0.2) is 11.6 Å². The van der Waals surface area contributed by atoms with Gasteiger partial charge in [-0.15, -0.1) is 0 Å². The minimum Gasteiger partial charge on any atom is -0.444 e. The van der Waals surface area contributed by atoms with Crippen molar-refractivity contribution in [1.29, 1.82) is 0 Å². The van der Waals surface area contributed by atoms with Crippen LogP contribution >= 0.6 is 0 Å². The van der Waals surface area contributed by atoms with Crippen molar-refractivity contribution in [1.82, 2.24) is 30.5 Å². The van der Waals surface area contributed by atoms with Gasteiger partial charge >= 0.3 is 6.09 Å². The second kappa shape index (κ2) is 14.1. The van der Waals surface area contributed by atoms with Crippen molar-refractivity contribution >= 4 is 23.7 Å². The van der Waals surface area contributed by atoms with Crippen molar-refractivity contribution in [3.63, 3.8) is 0 Å². The molecule has 4 rings (SSSR count). The summed E-state index contributed by atoms with van der Waals surface area (Å²) in [4.78, 5) is 40.7. The Labute approximate surface area is 263 Å². The zero-order chi connectivity index (χ0) is 32.9. The lowest BCUT2D eigenvalue weighted by Gasteiger charge is -2.29. The van der Waals surface area contributed by atoms with Crippen LogP contribution in [0.4, 0.5) is 10.6 Å². The van der Waals surface area contributed by atoms with Gasteiger partial charge in [0, 0.05) is 45.4 Å². The molecule has 0 radical (unpaired) electrons. The van der Waals surface area contributed by atoms with Crippen LogP contribution in [-0.4, -0.2) is 80.2 Å². The van der Waals surface area contributed by atoms with E-state index in [0.717, 1.165) is 16.8 Å². The van der Waals surface area contributed by atoms with Gasteiger partial charge in [0.1, 0.15) is 17.6 Å². The number of benzene rings is 1. The second-order valence-electron chi connectivity index (χ2n) is 12.8. The molecule has 4 N–H and O–H groups in total. The minimum atomic E-state index is -0.829. The van der Waals surface area contributed by atoms with E-state index >= 15 is 0 Å². The van der Waals surface area contributed by atoms with Gasteiger partial charge < -0.3 is 35.2 Å². The monoisotopic (exact) mass is 623 g/mol. The summed E-state index contributed by atoms with van der Waals surface area (Å²) >= 11 is 0. The molecular formula is C32H45N7O6. The highest BCUT2D eigenvalue weighted by Crippen LogP contribution is 2.32. The van der Waals surface area contributed by atoms with Gasteiger partial charge in [-0.1, -0.05) is 43.3 Å². The first kappa shape index (κ1) is 33.5. The fourth-order valence-electron chi connectivity index (χ4n) is 5.40. The maximum Gasteiger partial charge on any atom is 0.407 e. The van der Waals surface area contributed by atoms with E-state index in [9.17, 15) is 19.5 Å². The lowest BCUT2D eigenvalue weighted by atomic mass is 9.91. The van der Waals surface area contributed by atoms with E-state index in [1.54, 1.807) is 37.7 Å². The molecule has 45 heavy (non-hydrogen) atoms. The molecule has 0 saturated carbocycles. The Hall–Kier alpha value is -4.39. The number of aryl methyl sites for hydroxylation is 1. The normalized spacial score (nSPS) is 18.0. The highest BCUT2D eigenvalue weighted by molar-refractivity contribution is 5.91. The number of aliphatic hydroxyl groups excluding tert-OH is 1. The predicted molar refractivity (Wildman–Crippen MR) is 168 cm³/mol. The summed E-state index contributed by atoms with van der Waals surface area (Å²) in [6.45, 7) is 11.7. The Kier molecular flexibility index (Phi) is 10.5. The third-order valence-electron chi connectivity index (χ3n) is 7.62. The number of aromatic nitrogens is 3. The summed E-state index contributed by atoms with van der Waals surface area (Å²) in [6.07, 6.45) is 0.541. The van der Waals surface area contributed by atoms with Crippen LogP contribution in [0.1, 0.15) is 71.2 Å². The number of rotatable bonds is 11. The lowest BCUT2D eigenvalue weighted by Crippen LogP contribution is -2.48. The average molecular weight is 624 g/mol. The molecule has 244 valence electrons. The van der Waals surface area contributed by atoms with Crippen molar-refractivity contribution < 1.29 is 28.8 Å². The van der Waals surface area contributed by atoms with Gasteiger partial charge in [-0.3, -0.25) is 14.3 Å². The summed E-state index contributed by atoms with van der Waals surface area (Å²) in [6, 6.07) is 10.3. The first-order valence-corrected chi connectivity index (χ1v) is 15.3. The zero-order valence-electron chi connectivity index (χ0n) is 27.0. The molecule has 1 aliphatic rings. The fourth-order valence-corrected chi connectivity index (χ4v) is 5.40. The smallest absolute Gasteiger partial charge is 0.407 e. The third-order valence-corrected chi connectivity index (χ3v) is 7.62. The summed E-state index contributed by atoms with van der Waals surface area (Å²) in [7, 11) is 1.88. The van der Waals surface area contributed by atoms with Crippen LogP contribution in [0.25, 0.3) is 11.3 Å². The number of likely N-dealkylation sites (tertiary alicyclic amines) is 1. The van der Waals surface area contributed by atoms with Crippen LogP contribution in [-0.2, 0) is 21.4 Å². The SMILES string of the molecule is CC(C)[C@H](C(=O)N1C[C@H](O)C[C@H]1C(=O)N[C@@H](C)c1ccc(-c2ccnn2C)cc1)c1cc(NCCNC(=O)OC(C)(C)C)no1. The highest BCUT2D eigenvalue weighted by Gasteiger charge is 2.43. The number of β-amino-alcohol motifs (C(OH)–C–C–N with tert-alkyl or cyclic N) is 1. The van der Waals surface area contributed by atoms with E-state index in [1.807, 2.05) is 58.2 Å². The number of ether oxygens (including phenoxy) is 1. The van der Waals surface area contributed by atoms with Crippen molar-refractivity contribution in [2.75, 3.05) is 25.0 Å². The number of anilines is 1. The van der Waals surface area contributed by atoms with Gasteiger partial charge in [0.2, 0.25) is 11.8 Å². The number of carbonyl (C=O) groups is 3. The Bertz CT molecular complexity index is 1460. The molecule has 4 atom stereocenters. The number of hydrogen-bond donors (Lipinski definition) is 4. The van der Waals surface area contributed by atoms with Crippen molar-refractivity contribution in [3.05, 3.63) is 53.9 Å². The first-order chi connectivity index (χ1) is 21.2. The van der Waals surface area contributed by atoms with E-state index in [4.69, 9.17) is 9.26 Å². The average Bonchev–Trinajstić information content (AvgIpc) is 3.70. The topological polar surface area (TPSA) is 164 Å². The second-order valence-corrected chi connectivity index (χ2v) is 12.8. The maximum absolute atomic E-state index is 13.9. The van der Waals surface area contributed by atoms with E-state index in [2.05, 4.69) is 26.2 Å². The molecule has 0 bridgehead atoms. The molecule has 1 aromatic carbocycles. The van der Waals surface area contributed by atoms with Gasteiger partial charge in [0.25, 0.3) is 0 Å². The van der Waals surface area contributed by atoms with Crippen molar-refractivity contribution in [2.24, 2.45) is 13.0 Å². The van der Waals surface area contributed by atoms with E-state index in [-0.39, 0.29) is 36.7 Å². The molecule has 2 aromatic heterocycles. The maximum atomic E-state index is 13.9. The third kappa shape index (κ3) is 8.62. The zero-order valence-corrected chi connectivity index (χ0v) is 27.0. The Morgan fingerprint density at radius 3 is 2.44 bits per heavy atom. The highest BCUT2D eigenvalue weighted by atomic mass is 16.6. The molecule has 3 amide bonds. The number of nitrogens with zero attached hydrogens (tertiary/aromatic N) is 4. The van der Waals surface area contributed by atoms with Crippen LogP contribution < -0.4 is 16.0 Å². The van der Waals surface area contributed by atoms with Crippen molar-refractivity contribution in [2.45, 2.75) is 77.7 Å². The van der Waals surface area contributed by atoms with Crippen LogP contribution in [0.3, 0.4) is 0 Å². The van der Waals surface area contributed by atoms with Gasteiger partial charge in [-0.2, -0.15) is 5.10 Å². The van der Waals surface area contributed by atoms with Crippen LogP contribution in [0, 0.1) is 5.92 Å². The Morgan fingerprint density at radius 1 is 1.11 bits per heavy atom. The summed E-state index contributed by atoms with van der Waals surface area (Å²) in [5, 5.41) is 27.5. The summed E-state index contributed by atoms with van der Waals surface area (Å²) in [5.74, 6) is -0.781. The van der Waals surface area contributed by atoms with Crippen LogP contribution in [0.15, 0.2) is 47.1 Å². The first-order valence-electron chi connectivity index (χ1n) is 15.3. The number of hydrogen-bond acceptors (Lipinski definition) is 9. The number of alkyl carbamates (subject to hydrolysis) is 1. The quantitative estimate of drug-likeness (QED) is 0.234. The molecule has 13 nitrogen and oxygen atoms in total. The van der Waals surface area contributed by atoms with Gasteiger partial charge in [0.05, 0.1) is 17.8 Å². The number of nitrogens with one attached hydrogen (secondary N) is 3. The molecule has 3 heterocycles. The number of aliphatic hydroxyl groups is 1. The standard InChI is InChI=1S/C32H45N7O6/c1-19(2)28(26-17-27(37-45-26)33-14-15-34-31(43)44-32(4,5)6)30(42)39-18-23(40)16-25(39)29(41)36-20(3)21-8-10-22(11-9-21)24-12-13-35-38(24)7/h8-13,17,19-20,23,25,28,40H,14-16,18H2,1-7H3,(H,33,37)(H,34,43)(H,36,41)/t20-,23+,25-,28-/m0/s1.